The minimum atomic E-state index is -0.278. The van der Waals surface area contributed by atoms with Gasteiger partial charge in [0.25, 0.3) is 5.91 Å². The topological polar surface area (TPSA) is 71.0 Å². The monoisotopic (exact) mass is 305 g/mol. The molecule has 6 heteroatoms. The van der Waals surface area contributed by atoms with Crippen LogP contribution in [0.2, 0.25) is 0 Å². The predicted molar refractivity (Wildman–Crippen MR) is 88.7 cm³/mol. The number of pyridine rings is 1. The van der Waals surface area contributed by atoms with Gasteiger partial charge in [0.05, 0.1) is 11.9 Å². The maximum absolute atomic E-state index is 12.3. The van der Waals surface area contributed by atoms with Crippen LogP contribution in [0.3, 0.4) is 0 Å². The molecule has 0 aliphatic heterocycles. The van der Waals surface area contributed by atoms with Crippen LogP contribution in [0.1, 0.15) is 10.5 Å². The molecule has 1 aromatic carbocycles. The molecule has 6 nitrogen and oxygen atoms in total. The first-order valence-electron chi connectivity index (χ1n) is 7.06. The summed E-state index contributed by atoms with van der Waals surface area (Å²) in [6.07, 6.45) is 4.81. The van der Waals surface area contributed by atoms with Crippen molar-refractivity contribution in [1.29, 1.82) is 0 Å². The molecule has 114 valence electrons. The number of nitrogens with zero attached hydrogens (tertiary/aromatic N) is 4. The second-order valence-electron chi connectivity index (χ2n) is 4.85. The van der Waals surface area contributed by atoms with Gasteiger partial charge in [0.15, 0.2) is 0 Å². The van der Waals surface area contributed by atoms with Crippen molar-refractivity contribution >= 4 is 23.1 Å². The van der Waals surface area contributed by atoms with Crippen LogP contribution in [0.4, 0.5) is 17.2 Å². The largest absolute Gasteiger partial charge is 0.328 e. The SMILES string of the molecule is CN(c1cccnc1)c1cc(C(=O)Nc2ccccc2)ncn1. The Hall–Kier alpha value is -3.28. The Balaban J connectivity index is 1.81. The van der Waals surface area contributed by atoms with Gasteiger partial charge in [0, 0.05) is 25.0 Å². The van der Waals surface area contributed by atoms with Crippen LogP contribution >= 0.6 is 0 Å². The molecule has 0 aliphatic carbocycles. The highest BCUT2D eigenvalue weighted by Crippen LogP contribution is 2.20. The van der Waals surface area contributed by atoms with Gasteiger partial charge in [-0.05, 0) is 24.3 Å². The van der Waals surface area contributed by atoms with Gasteiger partial charge in [-0.2, -0.15) is 0 Å². The molecule has 2 aromatic heterocycles. The van der Waals surface area contributed by atoms with Crippen LogP contribution < -0.4 is 10.2 Å². The van der Waals surface area contributed by atoms with E-state index in [-0.39, 0.29) is 5.91 Å². The van der Waals surface area contributed by atoms with Crippen molar-refractivity contribution < 1.29 is 4.79 Å². The third-order valence-corrected chi connectivity index (χ3v) is 3.29. The number of hydrogen-bond donors (Lipinski definition) is 1. The highest BCUT2D eigenvalue weighted by Gasteiger charge is 2.12. The van der Waals surface area contributed by atoms with Crippen LogP contribution in [0.5, 0.6) is 0 Å². The summed E-state index contributed by atoms with van der Waals surface area (Å²) in [4.78, 5) is 26.5. The fourth-order valence-electron chi connectivity index (χ4n) is 2.06. The molecule has 3 rings (SSSR count). The third-order valence-electron chi connectivity index (χ3n) is 3.29. The number of hydrogen-bond acceptors (Lipinski definition) is 5. The molecule has 0 fully saturated rings. The fourth-order valence-corrected chi connectivity index (χ4v) is 2.06. The minimum absolute atomic E-state index is 0.278. The van der Waals surface area contributed by atoms with E-state index in [0.29, 0.717) is 11.5 Å². The van der Waals surface area contributed by atoms with Crippen molar-refractivity contribution in [2.45, 2.75) is 0 Å². The van der Waals surface area contributed by atoms with Crippen LogP contribution in [-0.2, 0) is 0 Å². The lowest BCUT2D eigenvalue weighted by atomic mass is 10.3. The number of benzene rings is 1. The molecule has 0 bridgehead atoms. The Bertz CT molecular complexity index is 792. The fraction of sp³-hybridized carbons (Fsp3) is 0.0588. The molecular formula is C17H15N5O. The zero-order chi connectivity index (χ0) is 16.1. The van der Waals surface area contributed by atoms with E-state index in [4.69, 9.17) is 0 Å². The van der Waals surface area contributed by atoms with Crippen molar-refractivity contribution in [2.75, 3.05) is 17.3 Å². The van der Waals surface area contributed by atoms with Gasteiger partial charge in [-0.25, -0.2) is 9.97 Å². The lowest BCUT2D eigenvalue weighted by Gasteiger charge is -2.17. The lowest BCUT2D eigenvalue weighted by Crippen LogP contribution is -2.17. The van der Waals surface area contributed by atoms with E-state index in [0.717, 1.165) is 11.4 Å². The van der Waals surface area contributed by atoms with E-state index in [1.165, 1.54) is 6.33 Å². The first kappa shape index (κ1) is 14.6. The summed E-state index contributed by atoms with van der Waals surface area (Å²) >= 11 is 0. The molecule has 0 atom stereocenters. The summed E-state index contributed by atoms with van der Waals surface area (Å²) < 4.78 is 0. The van der Waals surface area contributed by atoms with E-state index in [9.17, 15) is 4.79 Å². The van der Waals surface area contributed by atoms with Crippen LogP contribution in [-0.4, -0.2) is 27.9 Å². The predicted octanol–water partition coefficient (Wildman–Crippen LogP) is 2.89. The smallest absolute Gasteiger partial charge is 0.274 e. The molecule has 0 aliphatic rings. The Morgan fingerprint density at radius 2 is 1.91 bits per heavy atom. The van der Waals surface area contributed by atoms with Crippen LogP contribution in [0.15, 0.2) is 67.3 Å². The zero-order valence-electron chi connectivity index (χ0n) is 12.5. The van der Waals surface area contributed by atoms with Crippen LogP contribution in [0.25, 0.3) is 0 Å². The van der Waals surface area contributed by atoms with Crippen LogP contribution in [0, 0.1) is 0 Å². The Morgan fingerprint density at radius 1 is 1.09 bits per heavy atom. The molecular weight excluding hydrogens is 290 g/mol. The first-order valence-corrected chi connectivity index (χ1v) is 7.06. The number of nitrogens with one attached hydrogen (secondary N) is 1. The molecule has 1 N–H and O–H groups in total. The number of anilines is 3. The normalized spacial score (nSPS) is 10.1. The second-order valence-corrected chi connectivity index (χ2v) is 4.85. The molecule has 0 unspecified atom stereocenters. The first-order chi connectivity index (χ1) is 11.2. The van der Waals surface area contributed by atoms with Gasteiger partial charge in [-0.3, -0.25) is 9.78 Å². The van der Waals surface area contributed by atoms with Gasteiger partial charge < -0.3 is 10.2 Å². The van der Waals surface area contributed by atoms with Crippen molar-refractivity contribution in [3.63, 3.8) is 0 Å². The molecule has 1 amide bonds. The highest BCUT2D eigenvalue weighted by atomic mass is 16.1. The van der Waals surface area contributed by atoms with Gasteiger partial charge in [0.1, 0.15) is 17.8 Å². The van der Waals surface area contributed by atoms with E-state index in [1.807, 2.05) is 54.4 Å². The Labute approximate surface area is 133 Å². The molecule has 0 spiro atoms. The quantitative estimate of drug-likeness (QED) is 0.802. The van der Waals surface area contributed by atoms with Gasteiger partial charge in [0.2, 0.25) is 0 Å². The molecule has 0 saturated heterocycles. The van der Waals surface area contributed by atoms with Gasteiger partial charge >= 0.3 is 0 Å². The van der Waals surface area contributed by atoms with E-state index in [2.05, 4.69) is 20.3 Å². The second kappa shape index (κ2) is 6.65. The zero-order valence-corrected chi connectivity index (χ0v) is 12.5. The average Bonchev–Trinajstić information content (AvgIpc) is 2.63. The van der Waals surface area contributed by atoms with Gasteiger partial charge in [-0.15, -0.1) is 0 Å². The van der Waals surface area contributed by atoms with Crippen molar-refractivity contribution in [3.8, 4) is 0 Å². The van der Waals surface area contributed by atoms with Crippen molar-refractivity contribution in [3.05, 3.63) is 72.9 Å². The summed E-state index contributed by atoms with van der Waals surface area (Å²) in [6.45, 7) is 0. The van der Waals surface area contributed by atoms with Gasteiger partial charge in [-0.1, -0.05) is 18.2 Å². The maximum Gasteiger partial charge on any atom is 0.274 e. The maximum atomic E-state index is 12.3. The number of rotatable bonds is 4. The number of carbonyl (C=O) groups excluding carboxylic acids is 1. The van der Waals surface area contributed by atoms with Crippen molar-refractivity contribution in [1.82, 2.24) is 15.0 Å². The molecule has 0 radical (unpaired) electrons. The lowest BCUT2D eigenvalue weighted by molar-refractivity contribution is 0.102. The third kappa shape index (κ3) is 3.49. The number of para-hydroxylation sites is 1. The summed E-state index contributed by atoms with van der Waals surface area (Å²) in [5, 5.41) is 2.80. The Kier molecular flexibility index (Phi) is 4.24. The average molecular weight is 305 g/mol. The summed E-state index contributed by atoms with van der Waals surface area (Å²) in [5.41, 5.74) is 1.90. The number of aromatic nitrogens is 3. The minimum Gasteiger partial charge on any atom is -0.328 e. The summed E-state index contributed by atoms with van der Waals surface area (Å²) in [6, 6.07) is 14.7. The molecule has 23 heavy (non-hydrogen) atoms. The molecule has 3 aromatic rings. The molecule has 0 saturated carbocycles. The number of carbonyl (C=O) groups is 1. The van der Waals surface area contributed by atoms with E-state index < -0.39 is 0 Å². The standard InChI is InChI=1S/C17H15N5O/c1-22(14-8-5-9-18-11-14)16-10-15(19-12-20-16)17(23)21-13-6-3-2-4-7-13/h2-12H,1H3,(H,21,23). The van der Waals surface area contributed by atoms with E-state index in [1.54, 1.807) is 18.5 Å². The number of amides is 1. The summed E-state index contributed by atoms with van der Waals surface area (Å²) in [7, 11) is 1.86. The molecule has 2 heterocycles. The summed E-state index contributed by atoms with van der Waals surface area (Å²) in [5.74, 6) is 0.339. The van der Waals surface area contributed by atoms with Crippen molar-refractivity contribution in [2.24, 2.45) is 0 Å². The Morgan fingerprint density at radius 3 is 2.65 bits per heavy atom. The van der Waals surface area contributed by atoms with E-state index >= 15 is 0 Å². The highest BCUT2D eigenvalue weighted by molar-refractivity contribution is 6.03.